The molecule has 23 heavy (non-hydrogen) atoms. The van der Waals surface area contributed by atoms with Crippen molar-refractivity contribution in [1.29, 1.82) is 0 Å². The maximum absolute atomic E-state index is 12.4. The lowest BCUT2D eigenvalue weighted by Gasteiger charge is -2.09. The second-order valence-electron chi connectivity index (χ2n) is 5.65. The maximum Gasteiger partial charge on any atom is 0.268 e. The van der Waals surface area contributed by atoms with Crippen LogP contribution in [0.3, 0.4) is 0 Å². The van der Waals surface area contributed by atoms with Gasteiger partial charge in [-0.05, 0) is 30.9 Å². The molecule has 6 nitrogen and oxygen atoms in total. The highest BCUT2D eigenvalue weighted by molar-refractivity contribution is 6.04. The number of methoxy groups -OCH3 is 1. The number of fused-ring (bicyclic) bond motifs is 1. The molecular weight excluding hydrogens is 294 g/mol. The summed E-state index contributed by atoms with van der Waals surface area (Å²) in [5, 5.41) is 2.86. The number of aromatic amines is 1. The number of carbonyl (C=O) groups excluding carboxylic acids is 2. The van der Waals surface area contributed by atoms with Crippen molar-refractivity contribution < 1.29 is 14.3 Å². The van der Waals surface area contributed by atoms with E-state index in [2.05, 4.69) is 15.3 Å². The molecule has 2 aromatic heterocycles. The van der Waals surface area contributed by atoms with E-state index in [1.165, 1.54) is 0 Å². The van der Waals surface area contributed by atoms with Crippen LogP contribution in [0.25, 0.3) is 0 Å². The number of aryl methyl sites for hydroxylation is 1. The van der Waals surface area contributed by atoms with Crippen molar-refractivity contribution in [2.75, 3.05) is 7.11 Å². The van der Waals surface area contributed by atoms with Gasteiger partial charge in [0.1, 0.15) is 5.69 Å². The second-order valence-corrected chi connectivity index (χ2v) is 5.65. The van der Waals surface area contributed by atoms with Crippen LogP contribution in [0.15, 0.2) is 18.3 Å². The molecule has 3 rings (SSSR count). The molecule has 2 N–H and O–H groups in total. The standard InChI is InChI=1S/C17H19N3O3/c1-10-15-12(4-3-5-13(15)21)20-16(10)17(22)19-9-11-6-7-14(23-2)18-8-11/h6-8,20H,3-5,9H2,1-2H3,(H,19,22). The van der Waals surface area contributed by atoms with Crippen molar-refractivity contribution in [3.05, 3.63) is 46.4 Å². The Morgan fingerprint density at radius 3 is 2.87 bits per heavy atom. The topological polar surface area (TPSA) is 84.1 Å². The monoisotopic (exact) mass is 313 g/mol. The maximum atomic E-state index is 12.4. The van der Waals surface area contributed by atoms with Crippen LogP contribution < -0.4 is 10.1 Å². The van der Waals surface area contributed by atoms with E-state index in [1.807, 2.05) is 13.0 Å². The number of amides is 1. The molecule has 0 atom stereocenters. The van der Waals surface area contributed by atoms with Crippen LogP contribution in [0.5, 0.6) is 5.88 Å². The number of ether oxygens (including phenoxy) is 1. The summed E-state index contributed by atoms with van der Waals surface area (Å²) in [5.74, 6) is 0.449. The fourth-order valence-corrected chi connectivity index (χ4v) is 2.91. The van der Waals surface area contributed by atoms with Crippen LogP contribution in [-0.4, -0.2) is 28.8 Å². The van der Waals surface area contributed by atoms with Crippen molar-refractivity contribution in [2.45, 2.75) is 32.7 Å². The van der Waals surface area contributed by atoms with Crippen molar-refractivity contribution in [3.8, 4) is 5.88 Å². The van der Waals surface area contributed by atoms with E-state index in [-0.39, 0.29) is 11.7 Å². The minimum absolute atomic E-state index is 0.124. The normalized spacial score (nSPS) is 13.6. The van der Waals surface area contributed by atoms with Crippen molar-refractivity contribution >= 4 is 11.7 Å². The third kappa shape index (κ3) is 2.97. The number of aromatic nitrogens is 2. The predicted octanol–water partition coefficient (Wildman–Crippen LogP) is 2.18. The molecule has 0 aromatic carbocycles. The van der Waals surface area contributed by atoms with E-state index in [0.717, 1.165) is 29.7 Å². The molecule has 6 heteroatoms. The number of hydrogen-bond donors (Lipinski definition) is 2. The van der Waals surface area contributed by atoms with E-state index < -0.39 is 0 Å². The van der Waals surface area contributed by atoms with Gasteiger partial charge < -0.3 is 15.0 Å². The van der Waals surface area contributed by atoms with E-state index in [0.29, 0.717) is 30.1 Å². The third-order valence-electron chi connectivity index (χ3n) is 4.12. The zero-order valence-electron chi connectivity index (χ0n) is 13.2. The lowest BCUT2D eigenvalue weighted by molar-refractivity contribution is 0.0945. The van der Waals surface area contributed by atoms with Gasteiger partial charge >= 0.3 is 0 Å². The molecule has 1 aliphatic rings. The summed E-state index contributed by atoms with van der Waals surface area (Å²) in [5.41, 5.74) is 3.69. The molecule has 1 amide bonds. The highest BCUT2D eigenvalue weighted by Gasteiger charge is 2.26. The molecule has 1 aliphatic carbocycles. The van der Waals surface area contributed by atoms with Crippen LogP contribution in [0.1, 0.15) is 50.5 Å². The number of ketones is 1. The Morgan fingerprint density at radius 2 is 2.22 bits per heavy atom. The first-order chi connectivity index (χ1) is 11.1. The average molecular weight is 313 g/mol. The van der Waals surface area contributed by atoms with Gasteiger partial charge in [-0.1, -0.05) is 6.07 Å². The summed E-state index contributed by atoms with van der Waals surface area (Å²) < 4.78 is 5.00. The highest BCUT2D eigenvalue weighted by Crippen LogP contribution is 2.26. The first-order valence-corrected chi connectivity index (χ1v) is 7.62. The lowest BCUT2D eigenvalue weighted by atomic mass is 9.94. The smallest absolute Gasteiger partial charge is 0.268 e. The average Bonchev–Trinajstić information content (AvgIpc) is 2.91. The van der Waals surface area contributed by atoms with Gasteiger partial charge in [-0.15, -0.1) is 0 Å². The number of pyridine rings is 1. The number of nitrogens with zero attached hydrogens (tertiary/aromatic N) is 1. The Bertz CT molecular complexity index is 747. The molecule has 2 aromatic rings. The van der Waals surface area contributed by atoms with Gasteiger partial charge in [0.15, 0.2) is 5.78 Å². The molecule has 2 heterocycles. The lowest BCUT2D eigenvalue weighted by Crippen LogP contribution is -2.24. The molecule has 0 saturated carbocycles. The first kappa shape index (κ1) is 15.3. The van der Waals surface area contributed by atoms with Gasteiger partial charge in [0.05, 0.1) is 7.11 Å². The van der Waals surface area contributed by atoms with Crippen molar-refractivity contribution in [2.24, 2.45) is 0 Å². The first-order valence-electron chi connectivity index (χ1n) is 7.62. The SMILES string of the molecule is COc1ccc(CNC(=O)c2[nH]c3c(c2C)C(=O)CCC3)cn1. The van der Waals surface area contributed by atoms with Gasteiger partial charge in [0.25, 0.3) is 5.91 Å². The van der Waals surface area contributed by atoms with Crippen LogP contribution in [0, 0.1) is 6.92 Å². The number of rotatable bonds is 4. The molecule has 0 bridgehead atoms. The summed E-state index contributed by atoms with van der Waals surface area (Å²) in [6, 6.07) is 3.60. The third-order valence-corrected chi connectivity index (χ3v) is 4.12. The van der Waals surface area contributed by atoms with Gasteiger partial charge in [-0.25, -0.2) is 4.98 Å². The van der Waals surface area contributed by atoms with E-state index in [4.69, 9.17) is 4.74 Å². The zero-order chi connectivity index (χ0) is 16.4. The number of Topliss-reactive ketones (excluding diaryl/α,β-unsaturated/α-hetero) is 1. The Labute approximate surface area is 134 Å². The van der Waals surface area contributed by atoms with Crippen molar-refractivity contribution in [1.82, 2.24) is 15.3 Å². The number of nitrogens with one attached hydrogen (secondary N) is 2. The summed E-state index contributed by atoms with van der Waals surface area (Å²) >= 11 is 0. The minimum atomic E-state index is -0.208. The predicted molar refractivity (Wildman–Crippen MR) is 84.8 cm³/mol. The Kier molecular flexibility index (Phi) is 4.14. The Hall–Kier alpha value is -2.63. The van der Waals surface area contributed by atoms with Gasteiger partial charge in [-0.3, -0.25) is 9.59 Å². The molecule has 0 saturated heterocycles. The molecular formula is C17H19N3O3. The van der Waals surface area contributed by atoms with Gasteiger partial charge in [-0.2, -0.15) is 0 Å². The van der Waals surface area contributed by atoms with E-state index in [9.17, 15) is 9.59 Å². The second kappa shape index (κ2) is 6.24. The van der Waals surface area contributed by atoms with Gasteiger partial charge in [0.2, 0.25) is 5.88 Å². The van der Waals surface area contributed by atoms with Crippen LogP contribution >= 0.6 is 0 Å². The van der Waals surface area contributed by atoms with Crippen molar-refractivity contribution in [3.63, 3.8) is 0 Å². The number of carbonyl (C=O) groups is 2. The molecule has 120 valence electrons. The van der Waals surface area contributed by atoms with Crippen LogP contribution in [0.4, 0.5) is 0 Å². The number of hydrogen-bond acceptors (Lipinski definition) is 4. The molecule has 0 radical (unpaired) electrons. The summed E-state index contributed by atoms with van der Waals surface area (Å²) in [6.45, 7) is 2.19. The molecule has 0 spiro atoms. The fraction of sp³-hybridized carbons (Fsp3) is 0.353. The molecule has 0 unspecified atom stereocenters. The van der Waals surface area contributed by atoms with Gasteiger partial charge in [0, 0.05) is 36.5 Å². The molecule has 0 aliphatic heterocycles. The summed E-state index contributed by atoms with van der Waals surface area (Å²) in [6.07, 6.45) is 3.88. The largest absolute Gasteiger partial charge is 0.481 e. The zero-order valence-corrected chi connectivity index (χ0v) is 13.2. The summed E-state index contributed by atoms with van der Waals surface area (Å²) in [4.78, 5) is 31.6. The highest BCUT2D eigenvalue weighted by atomic mass is 16.5. The van der Waals surface area contributed by atoms with E-state index >= 15 is 0 Å². The van der Waals surface area contributed by atoms with Crippen LogP contribution in [0.2, 0.25) is 0 Å². The molecule has 0 fully saturated rings. The summed E-state index contributed by atoms with van der Waals surface area (Å²) in [7, 11) is 1.56. The van der Waals surface area contributed by atoms with E-state index in [1.54, 1.807) is 19.4 Å². The minimum Gasteiger partial charge on any atom is -0.481 e. The Balaban J connectivity index is 1.72. The number of H-pyrrole nitrogens is 1. The Morgan fingerprint density at radius 1 is 1.39 bits per heavy atom. The van der Waals surface area contributed by atoms with Crippen LogP contribution in [-0.2, 0) is 13.0 Å². The fourth-order valence-electron chi connectivity index (χ4n) is 2.91. The quantitative estimate of drug-likeness (QED) is 0.906.